The van der Waals surface area contributed by atoms with E-state index >= 15 is 8.78 Å². The van der Waals surface area contributed by atoms with Crippen molar-refractivity contribution in [3.63, 3.8) is 0 Å². The molecule has 2 amide bonds. The summed E-state index contributed by atoms with van der Waals surface area (Å²) in [5.74, 6) is -12.5. The van der Waals surface area contributed by atoms with E-state index in [9.17, 15) is 31.5 Å². The van der Waals surface area contributed by atoms with Gasteiger partial charge in [0.15, 0.2) is 5.69 Å². The Hall–Kier alpha value is -3.40. The van der Waals surface area contributed by atoms with Gasteiger partial charge in [-0.1, -0.05) is 29.3 Å². The zero-order valence-electron chi connectivity index (χ0n) is 20.9. The fraction of sp³-hybridized carbons (Fsp3) is 0.458. The lowest BCUT2D eigenvalue weighted by Gasteiger charge is -2.50. The Labute approximate surface area is 240 Å². The van der Waals surface area contributed by atoms with E-state index in [1.807, 2.05) is 5.10 Å². The molecule has 2 atom stereocenters. The minimum absolute atomic E-state index is 0.0350. The summed E-state index contributed by atoms with van der Waals surface area (Å²) in [6.45, 7) is -0.724. The van der Waals surface area contributed by atoms with Crippen LogP contribution in [-0.4, -0.2) is 74.1 Å². The molecule has 1 aliphatic carbocycles. The summed E-state index contributed by atoms with van der Waals surface area (Å²) in [7, 11) is 0. The van der Waals surface area contributed by atoms with Crippen molar-refractivity contribution in [3.05, 3.63) is 63.0 Å². The molecule has 2 aliphatic heterocycles. The maximum absolute atomic E-state index is 15.3. The average Bonchev–Trinajstić information content (AvgIpc) is 3.40. The van der Waals surface area contributed by atoms with Crippen LogP contribution in [0, 0.1) is 11.3 Å². The Morgan fingerprint density at radius 2 is 1.67 bits per heavy atom. The second-order valence-corrected chi connectivity index (χ2v) is 11.4. The molecule has 4 heterocycles. The number of aromatic amines is 1. The Morgan fingerprint density at radius 3 is 2.26 bits per heavy atom. The summed E-state index contributed by atoms with van der Waals surface area (Å²) >= 11 is 11.7. The zero-order chi connectivity index (χ0) is 30.4. The number of benzene rings is 1. The Kier molecular flexibility index (Phi) is 6.36. The largest absolute Gasteiger partial charge is 0.435 e. The minimum Gasteiger partial charge on any atom is -0.419 e. The van der Waals surface area contributed by atoms with Gasteiger partial charge in [0.05, 0.1) is 16.0 Å². The smallest absolute Gasteiger partial charge is 0.419 e. The Bertz CT molecular complexity index is 1590. The molecular formula is C24H17Cl2F7N6O3. The lowest BCUT2D eigenvalue weighted by molar-refractivity contribution is -0.147. The van der Waals surface area contributed by atoms with Crippen molar-refractivity contribution in [3.8, 4) is 0 Å². The van der Waals surface area contributed by atoms with Gasteiger partial charge in [-0.25, -0.2) is 8.78 Å². The second kappa shape index (κ2) is 9.30. The van der Waals surface area contributed by atoms with Crippen LogP contribution in [0.25, 0.3) is 0 Å². The monoisotopic (exact) mass is 640 g/mol. The molecule has 1 saturated carbocycles. The van der Waals surface area contributed by atoms with E-state index in [-0.39, 0.29) is 42.1 Å². The molecule has 1 aromatic carbocycles. The number of halogens is 9. The third kappa shape index (κ3) is 4.68. The maximum Gasteiger partial charge on any atom is 0.435 e. The van der Waals surface area contributed by atoms with Crippen molar-refractivity contribution in [1.29, 1.82) is 0 Å². The van der Waals surface area contributed by atoms with Gasteiger partial charge in [0.1, 0.15) is 11.6 Å². The summed E-state index contributed by atoms with van der Waals surface area (Å²) in [6, 6.07) is 3.62. The number of hydrogen-bond donors (Lipinski definition) is 1. The molecule has 3 aromatic rings. The predicted molar refractivity (Wildman–Crippen MR) is 128 cm³/mol. The first-order valence-electron chi connectivity index (χ1n) is 12.3. The summed E-state index contributed by atoms with van der Waals surface area (Å²) in [5.41, 5.74) is -3.49. The van der Waals surface area contributed by atoms with Gasteiger partial charge in [-0.15, -0.1) is 10.2 Å². The number of nitrogens with one attached hydrogen (secondary N) is 1. The third-order valence-electron chi connectivity index (χ3n) is 7.77. The van der Waals surface area contributed by atoms with Gasteiger partial charge in [-0.05, 0) is 12.1 Å². The van der Waals surface area contributed by atoms with E-state index < -0.39 is 76.3 Å². The molecule has 1 unspecified atom stereocenters. The third-order valence-corrected chi connectivity index (χ3v) is 8.51. The average molecular weight is 641 g/mol. The minimum atomic E-state index is -4.82. The molecule has 42 heavy (non-hydrogen) atoms. The first-order valence-corrected chi connectivity index (χ1v) is 13.0. The highest BCUT2D eigenvalue weighted by Gasteiger charge is 2.66. The van der Waals surface area contributed by atoms with E-state index in [0.717, 1.165) is 28.0 Å². The van der Waals surface area contributed by atoms with Crippen molar-refractivity contribution in [2.75, 3.05) is 26.2 Å². The SMILES string of the molecule is O=C(c1cc(C(F)(F)F)n[nH]1)N1CC(c2nnc(C(F)(F)c3ccc(Cl)c(Cl)c3)o2)C2(C1)CN(C(=O)[C@H]1CC1(F)F)C2. The predicted octanol–water partition coefficient (Wildman–Crippen LogP) is 4.98. The highest BCUT2D eigenvalue weighted by Crippen LogP contribution is 2.54. The van der Waals surface area contributed by atoms with Crippen LogP contribution < -0.4 is 0 Å². The Morgan fingerprint density at radius 1 is 1.00 bits per heavy atom. The van der Waals surface area contributed by atoms with Crippen LogP contribution >= 0.6 is 23.2 Å². The lowest BCUT2D eigenvalue weighted by atomic mass is 9.71. The molecule has 2 saturated heterocycles. The van der Waals surface area contributed by atoms with E-state index in [1.165, 1.54) is 0 Å². The van der Waals surface area contributed by atoms with Gasteiger partial charge in [0, 0.05) is 49.6 Å². The van der Waals surface area contributed by atoms with Gasteiger partial charge >= 0.3 is 12.1 Å². The topological polar surface area (TPSA) is 108 Å². The van der Waals surface area contributed by atoms with Crippen molar-refractivity contribution in [2.45, 2.75) is 30.4 Å². The Balaban J connectivity index is 1.28. The highest BCUT2D eigenvalue weighted by molar-refractivity contribution is 6.42. The standard InChI is InChI=1S/C24H17Cl2F7N6O3/c25-13-2-1-10(3-14(13)26)23(29,30)20-37-36-17(42-20)12-6-38(19(41)15-4-16(35-34-15)24(31,32)33)7-21(12)8-39(9-21)18(40)11-5-22(11,27)28/h1-4,11-12H,5-9H2,(H,34,35)/t11-,12?/m1/s1. The number of nitrogens with zero attached hydrogens (tertiary/aromatic N) is 5. The van der Waals surface area contributed by atoms with E-state index in [2.05, 4.69) is 15.3 Å². The molecular weight excluding hydrogens is 624 g/mol. The van der Waals surface area contributed by atoms with Crippen molar-refractivity contribution < 1.29 is 44.7 Å². The van der Waals surface area contributed by atoms with Gasteiger partial charge < -0.3 is 14.2 Å². The number of carbonyl (C=O) groups excluding carboxylic acids is 2. The molecule has 0 bridgehead atoms. The van der Waals surface area contributed by atoms with Crippen LogP contribution in [0.2, 0.25) is 10.0 Å². The molecule has 3 aliphatic rings. The molecule has 9 nitrogen and oxygen atoms in total. The number of carbonyl (C=O) groups is 2. The molecule has 3 fully saturated rings. The van der Waals surface area contributed by atoms with Gasteiger partial charge in [0.2, 0.25) is 11.8 Å². The molecule has 1 N–H and O–H groups in total. The summed E-state index contributed by atoms with van der Waals surface area (Å²) in [4.78, 5) is 27.9. The second-order valence-electron chi connectivity index (χ2n) is 10.6. The molecule has 1 spiro atoms. The number of aromatic nitrogens is 4. The normalized spacial score (nSPS) is 22.9. The van der Waals surface area contributed by atoms with Gasteiger partial charge in [-0.3, -0.25) is 14.7 Å². The number of amides is 2. The first-order chi connectivity index (χ1) is 19.5. The van der Waals surface area contributed by atoms with Gasteiger partial charge in [-0.2, -0.15) is 27.1 Å². The molecule has 2 aromatic heterocycles. The van der Waals surface area contributed by atoms with Crippen molar-refractivity contribution >= 4 is 35.0 Å². The fourth-order valence-corrected chi connectivity index (χ4v) is 5.72. The molecule has 224 valence electrons. The van der Waals surface area contributed by atoms with Crippen LogP contribution in [-0.2, 0) is 16.9 Å². The zero-order valence-corrected chi connectivity index (χ0v) is 22.4. The molecule has 0 radical (unpaired) electrons. The number of rotatable bonds is 5. The summed E-state index contributed by atoms with van der Waals surface area (Å²) in [6.07, 6.45) is -5.41. The van der Waals surface area contributed by atoms with Crippen molar-refractivity contribution in [1.82, 2.24) is 30.2 Å². The van der Waals surface area contributed by atoms with Crippen LogP contribution in [0.4, 0.5) is 30.7 Å². The summed E-state index contributed by atoms with van der Waals surface area (Å²) < 4.78 is 102. The highest BCUT2D eigenvalue weighted by atomic mass is 35.5. The fourth-order valence-electron chi connectivity index (χ4n) is 5.42. The quantitative estimate of drug-likeness (QED) is 0.394. The van der Waals surface area contributed by atoms with Gasteiger partial charge in [0.25, 0.3) is 17.7 Å². The van der Waals surface area contributed by atoms with Crippen LogP contribution in [0.1, 0.15) is 45.9 Å². The number of H-pyrrole nitrogens is 1. The van der Waals surface area contributed by atoms with Crippen LogP contribution in [0.5, 0.6) is 0 Å². The number of likely N-dealkylation sites (tertiary alicyclic amines) is 2. The summed E-state index contributed by atoms with van der Waals surface area (Å²) in [5, 5.41) is 12.3. The van der Waals surface area contributed by atoms with E-state index in [0.29, 0.717) is 6.07 Å². The number of alkyl halides is 7. The van der Waals surface area contributed by atoms with Crippen molar-refractivity contribution in [2.24, 2.45) is 11.3 Å². The first kappa shape index (κ1) is 28.7. The van der Waals surface area contributed by atoms with E-state index in [4.69, 9.17) is 27.6 Å². The maximum atomic E-state index is 15.3. The number of hydrogen-bond acceptors (Lipinski definition) is 6. The lowest BCUT2D eigenvalue weighted by Crippen LogP contribution is -2.62. The molecule has 6 rings (SSSR count). The molecule has 18 heteroatoms. The van der Waals surface area contributed by atoms with Crippen LogP contribution in [0.15, 0.2) is 28.7 Å². The van der Waals surface area contributed by atoms with E-state index in [1.54, 1.807) is 0 Å². The van der Waals surface area contributed by atoms with Crippen LogP contribution in [0.3, 0.4) is 0 Å².